The number of hydrogen-bond acceptors (Lipinski definition) is 7. The summed E-state index contributed by atoms with van der Waals surface area (Å²) in [5, 5.41) is 18.2. The van der Waals surface area contributed by atoms with Crippen molar-refractivity contribution in [3.05, 3.63) is 0 Å². The van der Waals surface area contributed by atoms with Crippen molar-refractivity contribution in [3.63, 3.8) is 0 Å². The number of likely N-dealkylation sites (N-methyl/N-ethyl adjacent to an activating group) is 1. The highest BCUT2D eigenvalue weighted by Gasteiger charge is 2.18. The minimum absolute atomic E-state index is 0.0459. The molecule has 25 heavy (non-hydrogen) atoms. The lowest BCUT2D eigenvalue weighted by molar-refractivity contribution is -0.140. The maximum Gasteiger partial charge on any atom is 0.317 e. The van der Waals surface area contributed by atoms with Crippen molar-refractivity contribution >= 4 is 18.2 Å². The lowest BCUT2D eigenvalue weighted by atomic mass is 10.3. The highest BCUT2D eigenvalue weighted by molar-refractivity contribution is 5.69. The van der Waals surface area contributed by atoms with Gasteiger partial charge in [-0.1, -0.05) is 6.92 Å². The first-order valence-electron chi connectivity index (χ1n) is 8.71. The Balaban J connectivity index is 2.78. The fourth-order valence-electron chi connectivity index (χ4n) is 2.88. The molecule has 0 aromatic heterocycles. The van der Waals surface area contributed by atoms with E-state index in [4.69, 9.17) is 10.2 Å². The van der Waals surface area contributed by atoms with Crippen LogP contribution in [0.4, 0.5) is 0 Å². The van der Waals surface area contributed by atoms with Gasteiger partial charge in [0.2, 0.25) is 0 Å². The van der Waals surface area contributed by atoms with Gasteiger partial charge in [-0.05, 0) is 6.54 Å². The number of hydrogen-bond donors (Lipinski definition) is 2. The zero-order valence-electron chi connectivity index (χ0n) is 15.0. The topological polar surface area (TPSA) is 105 Å². The van der Waals surface area contributed by atoms with Crippen molar-refractivity contribution in [2.24, 2.45) is 0 Å². The second-order valence-electron chi connectivity index (χ2n) is 6.24. The summed E-state index contributed by atoms with van der Waals surface area (Å²) in [6, 6.07) is 0. The molecule has 0 aromatic rings. The van der Waals surface area contributed by atoms with E-state index in [1.54, 1.807) is 4.90 Å². The lowest BCUT2D eigenvalue weighted by Crippen LogP contribution is -2.47. The van der Waals surface area contributed by atoms with Gasteiger partial charge in [0.05, 0.1) is 19.6 Å². The molecular formula is C16H30N4O5. The van der Waals surface area contributed by atoms with E-state index in [2.05, 4.69) is 11.8 Å². The smallest absolute Gasteiger partial charge is 0.317 e. The molecule has 1 fully saturated rings. The Hall–Kier alpha value is -1.55. The Morgan fingerprint density at radius 3 is 1.44 bits per heavy atom. The van der Waals surface area contributed by atoms with Crippen molar-refractivity contribution in [2.75, 3.05) is 78.5 Å². The number of carbonyl (C=O) groups excluding carboxylic acids is 1. The van der Waals surface area contributed by atoms with Gasteiger partial charge in [0.1, 0.15) is 6.29 Å². The lowest BCUT2D eigenvalue weighted by Gasteiger charge is -2.32. The molecule has 0 aromatic carbocycles. The number of carboxylic acids is 2. The first-order valence-corrected chi connectivity index (χ1v) is 8.71. The van der Waals surface area contributed by atoms with Crippen LogP contribution in [-0.4, -0.2) is 127 Å². The molecule has 0 unspecified atom stereocenters. The average Bonchev–Trinajstić information content (AvgIpc) is 2.54. The predicted octanol–water partition coefficient (Wildman–Crippen LogP) is -1.40. The van der Waals surface area contributed by atoms with Crippen molar-refractivity contribution < 1.29 is 24.6 Å². The fourth-order valence-corrected chi connectivity index (χ4v) is 2.88. The van der Waals surface area contributed by atoms with E-state index in [0.717, 1.165) is 32.5 Å². The number of carboxylic acid groups (broad SMARTS) is 2. The van der Waals surface area contributed by atoms with E-state index in [1.165, 1.54) is 0 Å². The van der Waals surface area contributed by atoms with Gasteiger partial charge in [0.15, 0.2) is 0 Å². The molecule has 9 nitrogen and oxygen atoms in total. The molecular weight excluding hydrogens is 328 g/mol. The van der Waals surface area contributed by atoms with Gasteiger partial charge in [0, 0.05) is 52.4 Å². The molecule has 1 aliphatic heterocycles. The second-order valence-corrected chi connectivity index (χ2v) is 6.24. The van der Waals surface area contributed by atoms with E-state index in [-0.39, 0.29) is 13.1 Å². The average molecular weight is 358 g/mol. The molecule has 0 amide bonds. The molecule has 0 bridgehead atoms. The van der Waals surface area contributed by atoms with Gasteiger partial charge in [-0.2, -0.15) is 0 Å². The highest BCUT2D eigenvalue weighted by atomic mass is 16.4. The molecule has 144 valence electrons. The van der Waals surface area contributed by atoms with Crippen molar-refractivity contribution in [1.82, 2.24) is 19.6 Å². The third-order valence-electron chi connectivity index (χ3n) is 4.43. The Kier molecular flexibility index (Phi) is 10.2. The van der Waals surface area contributed by atoms with Crippen LogP contribution >= 0.6 is 0 Å². The number of aliphatic carboxylic acids is 2. The van der Waals surface area contributed by atoms with Crippen LogP contribution in [0, 0.1) is 0 Å². The molecule has 0 spiro atoms. The molecule has 0 saturated carbocycles. The fraction of sp³-hybridized carbons (Fsp3) is 0.812. The second kappa shape index (κ2) is 11.9. The third kappa shape index (κ3) is 9.49. The first kappa shape index (κ1) is 21.5. The van der Waals surface area contributed by atoms with Crippen LogP contribution in [0.25, 0.3) is 0 Å². The number of rotatable bonds is 7. The van der Waals surface area contributed by atoms with E-state index in [1.807, 2.05) is 9.80 Å². The molecule has 1 saturated heterocycles. The third-order valence-corrected chi connectivity index (χ3v) is 4.43. The van der Waals surface area contributed by atoms with Crippen LogP contribution in [0.3, 0.4) is 0 Å². The number of carbonyl (C=O) groups is 3. The number of aldehydes is 1. The van der Waals surface area contributed by atoms with Crippen molar-refractivity contribution in [2.45, 2.75) is 6.92 Å². The van der Waals surface area contributed by atoms with Crippen LogP contribution in [0.2, 0.25) is 0 Å². The SMILES string of the molecule is CCN1CCN(CC=O)CCN(CC(=O)O)CCN(CC(=O)O)CC1. The van der Waals surface area contributed by atoms with Crippen molar-refractivity contribution in [3.8, 4) is 0 Å². The van der Waals surface area contributed by atoms with E-state index in [9.17, 15) is 14.4 Å². The monoisotopic (exact) mass is 358 g/mol. The molecule has 1 aliphatic rings. The Labute approximate surface area is 148 Å². The molecule has 1 heterocycles. The van der Waals surface area contributed by atoms with Crippen LogP contribution in [-0.2, 0) is 14.4 Å². The van der Waals surface area contributed by atoms with E-state index in [0.29, 0.717) is 39.3 Å². The molecule has 2 N–H and O–H groups in total. The molecule has 0 aliphatic carbocycles. The summed E-state index contributed by atoms with van der Waals surface area (Å²) >= 11 is 0. The first-order chi connectivity index (χ1) is 11.9. The maximum absolute atomic E-state index is 11.1. The largest absolute Gasteiger partial charge is 0.480 e. The summed E-state index contributed by atoms with van der Waals surface area (Å²) in [7, 11) is 0. The van der Waals surface area contributed by atoms with Gasteiger partial charge in [-0.15, -0.1) is 0 Å². The summed E-state index contributed by atoms with van der Waals surface area (Å²) in [6.45, 7) is 8.16. The van der Waals surface area contributed by atoms with Crippen LogP contribution in [0.1, 0.15) is 6.92 Å². The number of nitrogens with zero attached hydrogens (tertiary/aromatic N) is 4. The van der Waals surface area contributed by atoms with Gasteiger partial charge in [-0.25, -0.2) is 0 Å². The zero-order chi connectivity index (χ0) is 18.7. The summed E-state index contributed by atoms with van der Waals surface area (Å²) in [5.74, 6) is -1.78. The Bertz CT molecular complexity index is 435. The van der Waals surface area contributed by atoms with Gasteiger partial charge < -0.3 is 19.9 Å². The maximum atomic E-state index is 11.1. The van der Waals surface area contributed by atoms with Crippen LogP contribution in [0.15, 0.2) is 0 Å². The zero-order valence-corrected chi connectivity index (χ0v) is 15.0. The molecule has 1 rings (SSSR count). The summed E-state index contributed by atoms with van der Waals surface area (Å²) in [5.41, 5.74) is 0. The van der Waals surface area contributed by atoms with Crippen LogP contribution < -0.4 is 0 Å². The predicted molar refractivity (Wildman–Crippen MR) is 92.8 cm³/mol. The minimum atomic E-state index is -0.907. The molecule has 0 radical (unpaired) electrons. The van der Waals surface area contributed by atoms with Gasteiger partial charge >= 0.3 is 11.9 Å². The Morgan fingerprint density at radius 1 is 0.760 bits per heavy atom. The highest BCUT2D eigenvalue weighted by Crippen LogP contribution is 2.00. The quantitative estimate of drug-likeness (QED) is 0.531. The van der Waals surface area contributed by atoms with Gasteiger partial charge in [0.25, 0.3) is 0 Å². The van der Waals surface area contributed by atoms with Crippen LogP contribution in [0.5, 0.6) is 0 Å². The summed E-state index contributed by atoms with van der Waals surface area (Å²) in [4.78, 5) is 40.9. The summed E-state index contributed by atoms with van der Waals surface area (Å²) < 4.78 is 0. The normalized spacial score (nSPS) is 20.5. The Morgan fingerprint density at radius 2 is 1.12 bits per heavy atom. The standard InChI is InChI=1S/C16H30N4O5/c1-2-17-3-5-18(11-12-21)6-8-20(14-16(24)25)10-9-19(7-4-17)13-15(22)23/h12H,2-11,13-14H2,1H3,(H,22,23)(H,24,25). The van der Waals surface area contributed by atoms with Crippen molar-refractivity contribution in [1.29, 1.82) is 0 Å². The summed E-state index contributed by atoms with van der Waals surface area (Å²) in [6.07, 6.45) is 0.873. The molecule has 9 heteroatoms. The van der Waals surface area contributed by atoms with E-state index < -0.39 is 11.9 Å². The molecule has 0 atom stereocenters. The van der Waals surface area contributed by atoms with Gasteiger partial charge in [-0.3, -0.25) is 24.3 Å². The minimum Gasteiger partial charge on any atom is -0.480 e. The van der Waals surface area contributed by atoms with E-state index >= 15 is 0 Å².